The molecule has 0 saturated heterocycles. The molecule has 0 amide bonds. The smallest absolute Gasteiger partial charge is 0.221 e. The summed E-state index contributed by atoms with van der Waals surface area (Å²) in [4.78, 5) is 12.0. The Morgan fingerprint density at radius 2 is 1.78 bits per heavy atom. The minimum absolute atomic E-state index is 0.0412. The van der Waals surface area contributed by atoms with Gasteiger partial charge in [0.1, 0.15) is 0 Å². The van der Waals surface area contributed by atoms with Crippen molar-refractivity contribution in [2.45, 2.75) is 5.75 Å². The summed E-state index contributed by atoms with van der Waals surface area (Å²) in [6.07, 6.45) is 0. The molecule has 2 aromatic rings. The van der Waals surface area contributed by atoms with Crippen molar-refractivity contribution >= 4 is 40.1 Å². The Morgan fingerprint density at radius 3 is 2.44 bits per heavy atom. The molecule has 2 rings (SSSR count). The van der Waals surface area contributed by atoms with Crippen molar-refractivity contribution in [1.29, 1.82) is 0 Å². The third-order valence-corrected chi connectivity index (χ3v) is 3.87. The van der Waals surface area contributed by atoms with Crippen molar-refractivity contribution in [1.82, 2.24) is 0 Å². The number of hydrogen-bond donors (Lipinski definition) is 0. The largest absolute Gasteiger partial charge is 0.282 e. The summed E-state index contributed by atoms with van der Waals surface area (Å²) in [6, 6.07) is 14.7. The van der Waals surface area contributed by atoms with Gasteiger partial charge in [0.15, 0.2) is 0 Å². The minimum atomic E-state index is -0.0412. The van der Waals surface area contributed by atoms with Gasteiger partial charge >= 0.3 is 0 Å². The molecular formula is C14H10Cl2OS. The molecule has 92 valence electrons. The van der Waals surface area contributed by atoms with Crippen LogP contribution in [0.1, 0.15) is 15.9 Å². The van der Waals surface area contributed by atoms with Gasteiger partial charge in [-0.25, -0.2) is 0 Å². The number of hydrogen-bond acceptors (Lipinski definition) is 2. The average molecular weight is 297 g/mol. The Bertz CT molecular complexity index is 555. The van der Waals surface area contributed by atoms with E-state index in [1.54, 1.807) is 18.2 Å². The van der Waals surface area contributed by atoms with Crippen molar-refractivity contribution in [3.8, 4) is 0 Å². The molecule has 0 atom stereocenters. The lowest BCUT2D eigenvalue weighted by Gasteiger charge is -2.04. The van der Waals surface area contributed by atoms with E-state index in [-0.39, 0.29) is 5.12 Å². The molecule has 0 unspecified atom stereocenters. The monoisotopic (exact) mass is 296 g/mol. The van der Waals surface area contributed by atoms with Crippen LogP contribution in [0.15, 0.2) is 48.5 Å². The van der Waals surface area contributed by atoms with Crippen LogP contribution in [0, 0.1) is 0 Å². The summed E-state index contributed by atoms with van der Waals surface area (Å²) in [6.45, 7) is 0. The van der Waals surface area contributed by atoms with E-state index in [0.717, 1.165) is 5.56 Å². The van der Waals surface area contributed by atoms with Crippen LogP contribution in [0.5, 0.6) is 0 Å². The molecular weight excluding hydrogens is 287 g/mol. The van der Waals surface area contributed by atoms with E-state index in [0.29, 0.717) is 21.4 Å². The molecule has 0 heterocycles. The summed E-state index contributed by atoms with van der Waals surface area (Å²) in [5, 5.41) is 0.887. The Hall–Kier alpha value is -0.960. The number of carbonyl (C=O) groups is 1. The molecule has 4 heteroatoms. The highest BCUT2D eigenvalue weighted by atomic mass is 35.5. The van der Waals surface area contributed by atoms with Gasteiger partial charge in [-0.05, 0) is 23.8 Å². The highest BCUT2D eigenvalue weighted by molar-refractivity contribution is 8.13. The van der Waals surface area contributed by atoms with Crippen LogP contribution in [0.2, 0.25) is 10.0 Å². The molecule has 0 aromatic heterocycles. The quantitative estimate of drug-likeness (QED) is 0.787. The lowest BCUT2D eigenvalue weighted by molar-refractivity contribution is 0.108. The molecule has 2 aromatic carbocycles. The maximum absolute atomic E-state index is 12.0. The van der Waals surface area contributed by atoms with E-state index in [4.69, 9.17) is 23.2 Å². The Labute approximate surface area is 120 Å². The van der Waals surface area contributed by atoms with Gasteiger partial charge in [0.25, 0.3) is 0 Å². The van der Waals surface area contributed by atoms with Gasteiger partial charge in [0, 0.05) is 16.3 Å². The Morgan fingerprint density at radius 1 is 1.06 bits per heavy atom. The molecule has 0 aliphatic rings. The molecule has 0 spiro atoms. The number of halogens is 2. The molecule has 0 bridgehead atoms. The van der Waals surface area contributed by atoms with Crippen LogP contribution >= 0.6 is 35.0 Å². The van der Waals surface area contributed by atoms with Crippen LogP contribution in [-0.4, -0.2) is 5.12 Å². The summed E-state index contributed by atoms with van der Waals surface area (Å²) >= 11 is 13.0. The Balaban J connectivity index is 2.04. The fourth-order valence-corrected chi connectivity index (χ4v) is 2.83. The standard InChI is InChI=1S/C14H10Cl2OS/c15-11-6-7-12(13(16)8-11)14(17)18-9-10-4-2-1-3-5-10/h1-8H,9H2. The predicted molar refractivity (Wildman–Crippen MR) is 78.5 cm³/mol. The second-order valence-electron chi connectivity index (χ2n) is 3.69. The van der Waals surface area contributed by atoms with Gasteiger partial charge < -0.3 is 0 Å². The van der Waals surface area contributed by atoms with E-state index in [2.05, 4.69) is 0 Å². The van der Waals surface area contributed by atoms with E-state index in [9.17, 15) is 4.79 Å². The maximum atomic E-state index is 12.0. The number of thioether (sulfide) groups is 1. The first-order chi connectivity index (χ1) is 8.66. The molecule has 18 heavy (non-hydrogen) atoms. The van der Waals surface area contributed by atoms with Crippen LogP contribution in [0.25, 0.3) is 0 Å². The predicted octanol–water partition coefficient (Wildman–Crippen LogP) is 5.07. The topological polar surface area (TPSA) is 17.1 Å². The van der Waals surface area contributed by atoms with Crippen LogP contribution in [-0.2, 0) is 5.75 Å². The first kappa shape index (κ1) is 13.5. The lowest BCUT2D eigenvalue weighted by Crippen LogP contribution is -1.95. The fourth-order valence-electron chi connectivity index (χ4n) is 1.46. The van der Waals surface area contributed by atoms with Crippen LogP contribution < -0.4 is 0 Å². The fraction of sp³-hybridized carbons (Fsp3) is 0.0714. The third kappa shape index (κ3) is 3.52. The summed E-state index contributed by atoms with van der Waals surface area (Å²) in [5.74, 6) is 0.638. The van der Waals surface area contributed by atoms with Gasteiger partial charge in [0.2, 0.25) is 5.12 Å². The Kier molecular flexibility index (Phi) is 4.70. The van der Waals surface area contributed by atoms with Crippen molar-refractivity contribution in [3.63, 3.8) is 0 Å². The van der Waals surface area contributed by atoms with E-state index in [1.807, 2.05) is 30.3 Å². The van der Waals surface area contributed by atoms with E-state index in [1.165, 1.54) is 11.8 Å². The first-order valence-electron chi connectivity index (χ1n) is 5.33. The second-order valence-corrected chi connectivity index (χ2v) is 5.48. The lowest BCUT2D eigenvalue weighted by atomic mass is 10.2. The first-order valence-corrected chi connectivity index (χ1v) is 7.07. The SMILES string of the molecule is O=C(SCc1ccccc1)c1ccc(Cl)cc1Cl. The number of rotatable bonds is 3. The van der Waals surface area contributed by atoms with Crippen LogP contribution in [0.3, 0.4) is 0 Å². The van der Waals surface area contributed by atoms with Crippen LogP contribution in [0.4, 0.5) is 0 Å². The zero-order valence-corrected chi connectivity index (χ0v) is 11.7. The van der Waals surface area contributed by atoms with Crippen molar-refractivity contribution in [3.05, 3.63) is 69.7 Å². The maximum Gasteiger partial charge on any atom is 0.221 e. The summed E-state index contributed by atoms with van der Waals surface area (Å²) in [5.41, 5.74) is 1.61. The van der Waals surface area contributed by atoms with Gasteiger partial charge in [0.05, 0.1) is 5.02 Å². The molecule has 1 nitrogen and oxygen atoms in total. The second kappa shape index (κ2) is 6.28. The molecule has 0 fully saturated rings. The molecule has 0 aliphatic heterocycles. The minimum Gasteiger partial charge on any atom is -0.282 e. The van der Waals surface area contributed by atoms with Gasteiger partial charge in [-0.2, -0.15) is 0 Å². The van der Waals surface area contributed by atoms with Gasteiger partial charge in [-0.15, -0.1) is 0 Å². The zero-order valence-electron chi connectivity index (χ0n) is 9.40. The average Bonchev–Trinajstić information content (AvgIpc) is 2.37. The number of carbonyl (C=O) groups excluding carboxylic acids is 1. The molecule has 0 N–H and O–H groups in total. The van der Waals surface area contributed by atoms with Crippen molar-refractivity contribution in [2.24, 2.45) is 0 Å². The number of benzene rings is 2. The molecule has 0 aliphatic carbocycles. The normalized spacial score (nSPS) is 10.3. The van der Waals surface area contributed by atoms with E-state index < -0.39 is 0 Å². The summed E-state index contributed by atoms with van der Waals surface area (Å²) in [7, 11) is 0. The molecule has 0 radical (unpaired) electrons. The highest BCUT2D eigenvalue weighted by Crippen LogP contribution is 2.26. The van der Waals surface area contributed by atoms with Crippen molar-refractivity contribution < 1.29 is 4.79 Å². The van der Waals surface area contributed by atoms with Gasteiger partial charge in [-0.3, -0.25) is 4.79 Å². The van der Waals surface area contributed by atoms with Gasteiger partial charge in [-0.1, -0.05) is 65.3 Å². The van der Waals surface area contributed by atoms with Crippen molar-refractivity contribution in [2.75, 3.05) is 0 Å². The third-order valence-electron chi connectivity index (χ3n) is 2.36. The zero-order chi connectivity index (χ0) is 13.0. The highest BCUT2D eigenvalue weighted by Gasteiger charge is 2.11. The van der Waals surface area contributed by atoms with E-state index >= 15 is 0 Å². The summed E-state index contributed by atoms with van der Waals surface area (Å²) < 4.78 is 0. The molecule has 0 saturated carbocycles.